The molecule has 23 heteroatoms. The molecule has 0 spiro atoms. The lowest BCUT2D eigenvalue weighted by Crippen LogP contribution is -2.39. The molecule has 1 aliphatic carbocycles. The highest BCUT2D eigenvalue weighted by Crippen LogP contribution is 2.61. The number of ether oxygens (including phenoxy) is 1. The molecule has 3 aliphatic rings. The molecule has 242 valence electrons. The van der Waals surface area contributed by atoms with E-state index in [1.54, 1.807) is 11.5 Å². The summed E-state index contributed by atoms with van der Waals surface area (Å²) in [6.45, 7) is -7.49. The number of nitrogens with zero attached hydrogens (tertiary/aromatic N) is 8. The smallest absolute Gasteiger partial charge is 0.386 e. The van der Waals surface area contributed by atoms with E-state index in [1.165, 1.54) is 29.9 Å². The molecule has 1 saturated carbocycles. The Balaban J connectivity index is 1.23. The van der Waals surface area contributed by atoms with Crippen LogP contribution in [-0.2, 0) is 39.2 Å². The highest BCUT2D eigenvalue weighted by Gasteiger charge is 2.56. The third kappa shape index (κ3) is 5.43. The molecule has 19 nitrogen and oxygen atoms in total. The Bertz CT molecular complexity index is 1880. The van der Waals surface area contributed by atoms with Gasteiger partial charge >= 0.3 is 13.5 Å². The van der Waals surface area contributed by atoms with E-state index in [-0.39, 0.29) is 35.8 Å². The van der Waals surface area contributed by atoms with Crippen LogP contribution < -0.4 is 11.5 Å². The summed E-state index contributed by atoms with van der Waals surface area (Å²) < 4.78 is 45.9. The third-order valence-electron chi connectivity index (χ3n) is 8.25. The van der Waals surface area contributed by atoms with E-state index in [2.05, 4.69) is 42.2 Å². The van der Waals surface area contributed by atoms with Crippen LogP contribution >= 0.6 is 25.8 Å². The first-order valence-corrected chi connectivity index (χ1v) is 18.7. The fourth-order valence-electron chi connectivity index (χ4n) is 6.04. The maximum absolute atomic E-state index is 13.6. The van der Waals surface area contributed by atoms with Gasteiger partial charge < -0.3 is 40.4 Å². The largest absolute Gasteiger partial charge is 0.388 e. The van der Waals surface area contributed by atoms with Crippen LogP contribution in [0.4, 0.5) is 11.6 Å². The van der Waals surface area contributed by atoms with Crippen LogP contribution in [0.25, 0.3) is 22.3 Å². The van der Waals surface area contributed by atoms with E-state index in [1.807, 2.05) is 0 Å². The SMILES string of the molecule is C[C@@]12COP(O)(=S)O[C@@H]3[C@H](O)[C@@H](COP(=O)(S)O[C@H]1[C@@H](O)[C@H](n1cnc4c(N)ncnc41)C2)O[C@H]3n1cnc2c(N)ncnc21. The summed E-state index contributed by atoms with van der Waals surface area (Å²) in [4.78, 5) is 36.1. The number of nitrogen functional groups attached to an aromatic ring is 2. The summed E-state index contributed by atoms with van der Waals surface area (Å²) in [5.74, 6) is 0.267. The first-order valence-electron chi connectivity index (χ1n) is 13.5. The zero-order valence-electron chi connectivity index (χ0n) is 23.2. The van der Waals surface area contributed by atoms with Crippen LogP contribution in [0.3, 0.4) is 0 Å². The van der Waals surface area contributed by atoms with Crippen molar-refractivity contribution in [1.29, 1.82) is 0 Å². The first kappa shape index (κ1) is 31.2. The van der Waals surface area contributed by atoms with Gasteiger partial charge in [0.25, 0.3) is 0 Å². The van der Waals surface area contributed by atoms with E-state index >= 15 is 0 Å². The minimum absolute atomic E-state index is 0.111. The average Bonchev–Trinajstić information content (AvgIpc) is 3.73. The second-order valence-corrected chi connectivity index (χ2v) is 16.9. The lowest BCUT2D eigenvalue weighted by atomic mass is 9.87. The van der Waals surface area contributed by atoms with Crippen molar-refractivity contribution in [2.24, 2.45) is 5.41 Å². The van der Waals surface area contributed by atoms with E-state index in [4.69, 9.17) is 46.1 Å². The van der Waals surface area contributed by atoms with Crippen molar-refractivity contribution in [2.75, 3.05) is 24.7 Å². The molecule has 0 aromatic carbocycles. The predicted octanol–water partition coefficient (Wildman–Crippen LogP) is 0.473. The molecule has 0 radical (unpaired) electrons. The number of hydrogen-bond donors (Lipinski definition) is 6. The summed E-state index contributed by atoms with van der Waals surface area (Å²) in [6, 6.07) is -0.726. The molecule has 2 bridgehead atoms. The Labute approximate surface area is 264 Å². The Morgan fingerprint density at radius 1 is 0.978 bits per heavy atom. The number of aliphatic hydroxyl groups excluding tert-OH is 2. The van der Waals surface area contributed by atoms with Gasteiger partial charge in [0.05, 0.1) is 31.9 Å². The van der Waals surface area contributed by atoms with Gasteiger partial charge in [0, 0.05) is 5.41 Å². The maximum Gasteiger partial charge on any atom is 0.386 e. The molecule has 4 aromatic heterocycles. The standard InChI is InChI=1S/C22H28N10O9P2S2/c1-22-2-9(31-7-29-11-17(23)25-5-27-19(11)31)13(33)16(22)41-42(35,44)37-3-10-14(34)15(40-43(36,45)38-4-22)21(39-10)32-8-30-12-18(24)26-6-28-20(12)32/h5-10,13-16,21,33-34H,2-4H2,1H3,(H,35,44)(H,36,45)(H2,23,25,27)(H2,24,26,28)/t9-,10-,13+,14-,15-,16+,21-,22-,42?,43?/m1/s1. The monoisotopic (exact) mass is 702 g/mol. The van der Waals surface area contributed by atoms with Gasteiger partial charge in [0.2, 0.25) is 0 Å². The van der Waals surface area contributed by atoms with E-state index < -0.39 is 68.3 Å². The number of imidazole rings is 2. The molecule has 6 heterocycles. The number of thiol groups is 1. The highest BCUT2D eigenvalue weighted by molar-refractivity contribution is 8.44. The summed E-state index contributed by atoms with van der Waals surface area (Å²) in [7, 11) is 0. The van der Waals surface area contributed by atoms with Gasteiger partial charge in [0.15, 0.2) is 29.2 Å². The van der Waals surface area contributed by atoms with Crippen LogP contribution in [0.2, 0.25) is 0 Å². The first-order chi connectivity index (χ1) is 21.3. The summed E-state index contributed by atoms with van der Waals surface area (Å²) in [6.07, 6.45) is -2.18. The molecule has 7 rings (SSSR count). The van der Waals surface area contributed by atoms with Gasteiger partial charge in [0.1, 0.15) is 54.2 Å². The maximum atomic E-state index is 13.6. The molecule has 0 amide bonds. The minimum Gasteiger partial charge on any atom is -0.388 e. The zero-order valence-corrected chi connectivity index (χ0v) is 26.7. The van der Waals surface area contributed by atoms with E-state index in [0.717, 1.165) is 0 Å². The summed E-state index contributed by atoms with van der Waals surface area (Å²) in [5, 5.41) is 22.8. The number of hydrogen-bond acceptors (Lipinski definition) is 17. The van der Waals surface area contributed by atoms with Gasteiger partial charge in [-0.15, -0.1) is 0 Å². The third-order valence-corrected chi connectivity index (χ3v) is 11.4. The van der Waals surface area contributed by atoms with Crippen molar-refractivity contribution >= 4 is 71.5 Å². The number of aromatic nitrogens is 8. The van der Waals surface area contributed by atoms with E-state index in [9.17, 15) is 19.7 Å². The fourth-order valence-corrected chi connectivity index (χ4v) is 9.12. The molecule has 4 aromatic rings. The fraction of sp³-hybridized carbons (Fsp3) is 0.545. The van der Waals surface area contributed by atoms with Crippen LogP contribution in [0.15, 0.2) is 25.3 Å². The second-order valence-electron chi connectivity index (χ2n) is 11.2. The summed E-state index contributed by atoms with van der Waals surface area (Å²) in [5.41, 5.74) is 11.9. The van der Waals surface area contributed by atoms with Gasteiger partial charge in [-0.25, -0.2) is 34.5 Å². The lowest BCUT2D eigenvalue weighted by molar-refractivity contribution is -0.0598. The lowest BCUT2D eigenvalue weighted by Gasteiger charge is -2.34. The normalized spacial score (nSPS) is 39.4. The van der Waals surface area contributed by atoms with Gasteiger partial charge in [-0.3, -0.25) is 18.1 Å². The molecule has 10 atom stereocenters. The van der Waals surface area contributed by atoms with E-state index in [0.29, 0.717) is 11.2 Å². The zero-order chi connectivity index (χ0) is 31.9. The van der Waals surface area contributed by atoms with Crippen molar-refractivity contribution in [3.05, 3.63) is 25.3 Å². The van der Waals surface area contributed by atoms with Gasteiger partial charge in [-0.1, -0.05) is 19.2 Å². The van der Waals surface area contributed by atoms with Crippen LogP contribution in [-0.4, -0.2) is 97.9 Å². The van der Waals surface area contributed by atoms with Gasteiger partial charge in [-0.05, 0) is 18.2 Å². The van der Waals surface area contributed by atoms with Crippen LogP contribution in [0.5, 0.6) is 0 Å². The van der Waals surface area contributed by atoms with Gasteiger partial charge in [-0.2, -0.15) is 0 Å². The molecular formula is C22H28N10O9P2S2. The number of fused-ring (bicyclic) bond motifs is 5. The molecule has 7 N–H and O–H groups in total. The molecule has 45 heavy (non-hydrogen) atoms. The Morgan fingerprint density at radius 3 is 2.27 bits per heavy atom. The van der Waals surface area contributed by atoms with Crippen molar-refractivity contribution in [3.63, 3.8) is 0 Å². The highest BCUT2D eigenvalue weighted by atomic mass is 32.7. The number of aliphatic hydroxyl groups is 2. The topological polar surface area (TPSA) is 263 Å². The number of anilines is 2. The minimum atomic E-state index is -4.24. The van der Waals surface area contributed by atoms with Crippen molar-refractivity contribution < 1.29 is 42.5 Å². The summed E-state index contributed by atoms with van der Waals surface area (Å²) >= 11 is 9.54. The molecule has 2 saturated heterocycles. The quantitative estimate of drug-likeness (QED) is 0.122. The van der Waals surface area contributed by atoms with Crippen molar-refractivity contribution in [2.45, 2.75) is 56.1 Å². The van der Waals surface area contributed by atoms with Crippen molar-refractivity contribution in [3.8, 4) is 0 Å². The van der Waals surface area contributed by atoms with Crippen LogP contribution in [0.1, 0.15) is 25.6 Å². The number of nitrogens with two attached hydrogens (primary N) is 2. The molecule has 2 aliphatic heterocycles. The van der Waals surface area contributed by atoms with Crippen molar-refractivity contribution in [1.82, 2.24) is 39.0 Å². The average molecular weight is 703 g/mol. The van der Waals surface area contributed by atoms with Crippen LogP contribution in [0, 0.1) is 5.41 Å². The number of rotatable bonds is 2. The Hall–Kier alpha value is -2.39. The molecule has 3 fully saturated rings. The Kier molecular flexibility index (Phi) is 7.70. The molecular weight excluding hydrogens is 674 g/mol. The predicted molar refractivity (Wildman–Crippen MR) is 162 cm³/mol. The second kappa shape index (κ2) is 11.1. The molecule has 2 unspecified atom stereocenters. The Morgan fingerprint density at radius 2 is 1.60 bits per heavy atom.